The van der Waals surface area contributed by atoms with E-state index in [9.17, 15) is 9.59 Å². The molecule has 1 aromatic rings. The van der Waals surface area contributed by atoms with Crippen LogP contribution in [0.3, 0.4) is 0 Å². The Balaban J connectivity index is 2.15. The van der Waals surface area contributed by atoms with Gasteiger partial charge in [-0.05, 0) is 18.6 Å². The van der Waals surface area contributed by atoms with Gasteiger partial charge in [-0.1, -0.05) is 62.4 Å². The standard InChI is InChI=1S/C17H23NO3/c1-2-3-4-5-6-10-13-16(19)14-18-21-17(20)15-11-8-7-9-12-15/h7-9,11-12,14H,2-6,10,13H2,1H3. The average Bonchev–Trinajstić information content (AvgIpc) is 2.51. The monoisotopic (exact) mass is 289 g/mol. The summed E-state index contributed by atoms with van der Waals surface area (Å²) in [4.78, 5) is 27.7. The predicted molar refractivity (Wildman–Crippen MR) is 83.3 cm³/mol. The van der Waals surface area contributed by atoms with Crippen LogP contribution < -0.4 is 0 Å². The lowest BCUT2D eigenvalue weighted by molar-refractivity contribution is -0.112. The van der Waals surface area contributed by atoms with E-state index in [0.29, 0.717) is 12.0 Å². The van der Waals surface area contributed by atoms with Crippen molar-refractivity contribution >= 4 is 18.0 Å². The van der Waals surface area contributed by atoms with Crippen molar-refractivity contribution in [3.05, 3.63) is 35.9 Å². The van der Waals surface area contributed by atoms with Gasteiger partial charge in [-0.25, -0.2) is 4.79 Å². The van der Waals surface area contributed by atoms with Crippen LogP contribution in [-0.2, 0) is 9.63 Å². The zero-order chi connectivity index (χ0) is 15.3. The van der Waals surface area contributed by atoms with Crippen molar-refractivity contribution in [3.8, 4) is 0 Å². The molecule has 0 unspecified atom stereocenters. The highest BCUT2D eigenvalue weighted by molar-refractivity contribution is 6.27. The van der Waals surface area contributed by atoms with Crippen LogP contribution in [0, 0.1) is 0 Å². The van der Waals surface area contributed by atoms with Gasteiger partial charge in [-0.3, -0.25) is 4.79 Å². The quantitative estimate of drug-likeness (QED) is 0.281. The molecule has 0 aliphatic heterocycles. The van der Waals surface area contributed by atoms with Crippen molar-refractivity contribution in [2.45, 2.75) is 51.9 Å². The van der Waals surface area contributed by atoms with E-state index in [-0.39, 0.29) is 5.78 Å². The van der Waals surface area contributed by atoms with E-state index in [1.165, 1.54) is 25.7 Å². The van der Waals surface area contributed by atoms with Crippen molar-refractivity contribution < 1.29 is 14.4 Å². The Labute approximate surface area is 126 Å². The summed E-state index contributed by atoms with van der Waals surface area (Å²) in [5.41, 5.74) is 0.415. The minimum Gasteiger partial charge on any atom is -0.313 e. The second-order valence-corrected chi connectivity index (χ2v) is 4.96. The van der Waals surface area contributed by atoms with Gasteiger partial charge in [0.1, 0.15) is 6.21 Å². The van der Waals surface area contributed by atoms with Crippen molar-refractivity contribution in [1.82, 2.24) is 0 Å². The molecule has 0 N–H and O–H groups in total. The zero-order valence-corrected chi connectivity index (χ0v) is 12.6. The molecule has 114 valence electrons. The molecule has 0 aromatic heterocycles. The molecule has 0 heterocycles. The summed E-state index contributed by atoms with van der Waals surface area (Å²) in [5, 5.41) is 3.45. The van der Waals surface area contributed by atoms with Gasteiger partial charge in [-0.2, -0.15) is 0 Å². The Morgan fingerprint density at radius 1 is 1.05 bits per heavy atom. The minimum absolute atomic E-state index is 0.105. The van der Waals surface area contributed by atoms with Crippen LogP contribution in [0.1, 0.15) is 62.2 Å². The van der Waals surface area contributed by atoms with Crippen LogP contribution in [0.15, 0.2) is 35.5 Å². The molecular weight excluding hydrogens is 266 g/mol. The molecule has 0 fully saturated rings. The number of Topliss-reactive ketones (excluding diaryl/α,β-unsaturated/α-hetero) is 1. The van der Waals surface area contributed by atoms with Crippen LogP contribution in [0.4, 0.5) is 0 Å². The van der Waals surface area contributed by atoms with E-state index < -0.39 is 5.97 Å². The first kappa shape index (κ1) is 17.1. The van der Waals surface area contributed by atoms with Gasteiger partial charge in [0.25, 0.3) is 0 Å². The highest BCUT2D eigenvalue weighted by Crippen LogP contribution is 2.07. The van der Waals surface area contributed by atoms with Crippen molar-refractivity contribution in [2.75, 3.05) is 0 Å². The lowest BCUT2D eigenvalue weighted by atomic mass is 10.1. The number of unbranched alkanes of at least 4 members (excludes halogenated alkanes) is 5. The SMILES string of the molecule is CCCCCCCCC(=O)C=NOC(=O)c1ccccc1. The van der Waals surface area contributed by atoms with Crippen molar-refractivity contribution in [3.63, 3.8) is 0 Å². The smallest absolute Gasteiger partial charge is 0.313 e. The molecule has 0 aliphatic carbocycles. The Kier molecular flexibility index (Phi) is 8.76. The number of carbonyl (C=O) groups is 2. The van der Waals surface area contributed by atoms with Gasteiger partial charge in [0.05, 0.1) is 5.56 Å². The Morgan fingerprint density at radius 2 is 1.71 bits per heavy atom. The molecule has 0 bridgehead atoms. The summed E-state index contributed by atoms with van der Waals surface area (Å²) in [6, 6.07) is 8.56. The fourth-order valence-electron chi connectivity index (χ4n) is 1.90. The number of rotatable bonds is 10. The lowest BCUT2D eigenvalue weighted by Gasteiger charge is -1.98. The van der Waals surface area contributed by atoms with Gasteiger partial charge in [0.15, 0.2) is 5.78 Å². The summed E-state index contributed by atoms with van der Waals surface area (Å²) in [6.45, 7) is 2.18. The highest BCUT2D eigenvalue weighted by atomic mass is 16.7. The number of ketones is 1. The van der Waals surface area contributed by atoms with Crippen LogP contribution in [0.5, 0.6) is 0 Å². The Hall–Kier alpha value is -1.97. The molecule has 1 aromatic carbocycles. The first-order chi connectivity index (χ1) is 10.2. The van der Waals surface area contributed by atoms with Gasteiger partial charge in [0, 0.05) is 6.42 Å². The third-order valence-electron chi connectivity index (χ3n) is 3.12. The fourth-order valence-corrected chi connectivity index (χ4v) is 1.90. The summed E-state index contributed by atoms with van der Waals surface area (Å²) in [5.74, 6) is -0.662. The largest absolute Gasteiger partial charge is 0.365 e. The van der Waals surface area contributed by atoms with E-state index in [2.05, 4.69) is 16.9 Å². The van der Waals surface area contributed by atoms with E-state index >= 15 is 0 Å². The van der Waals surface area contributed by atoms with Gasteiger partial charge >= 0.3 is 5.97 Å². The number of hydrogen-bond acceptors (Lipinski definition) is 4. The van der Waals surface area contributed by atoms with Gasteiger partial charge < -0.3 is 4.84 Å². The number of oxime groups is 1. The van der Waals surface area contributed by atoms with Crippen molar-refractivity contribution in [2.24, 2.45) is 5.16 Å². The fraction of sp³-hybridized carbons (Fsp3) is 0.471. The molecule has 0 saturated heterocycles. The summed E-state index contributed by atoms with van der Waals surface area (Å²) in [6.07, 6.45) is 8.34. The number of benzene rings is 1. The molecule has 0 aliphatic rings. The number of nitrogens with zero attached hydrogens (tertiary/aromatic N) is 1. The Morgan fingerprint density at radius 3 is 2.43 bits per heavy atom. The van der Waals surface area contributed by atoms with Crippen molar-refractivity contribution in [1.29, 1.82) is 0 Å². The highest BCUT2D eigenvalue weighted by Gasteiger charge is 2.05. The number of carbonyl (C=O) groups excluding carboxylic acids is 2. The maximum atomic E-state index is 11.5. The summed E-state index contributed by atoms with van der Waals surface area (Å²) in [7, 11) is 0. The maximum absolute atomic E-state index is 11.5. The lowest BCUT2D eigenvalue weighted by Crippen LogP contribution is -2.04. The van der Waals surface area contributed by atoms with Crippen LogP contribution in [0.2, 0.25) is 0 Å². The normalized spacial score (nSPS) is 10.7. The van der Waals surface area contributed by atoms with Crippen LogP contribution in [-0.4, -0.2) is 18.0 Å². The average molecular weight is 289 g/mol. The molecule has 4 nitrogen and oxygen atoms in total. The van der Waals surface area contributed by atoms with E-state index in [1.54, 1.807) is 24.3 Å². The molecule has 1 rings (SSSR count). The van der Waals surface area contributed by atoms with Gasteiger partial charge in [-0.15, -0.1) is 0 Å². The molecule has 4 heteroatoms. The maximum Gasteiger partial charge on any atom is 0.365 e. The molecule has 0 radical (unpaired) electrons. The topological polar surface area (TPSA) is 55.7 Å². The van der Waals surface area contributed by atoms with Crippen LogP contribution >= 0.6 is 0 Å². The molecule has 0 atom stereocenters. The third-order valence-corrected chi connectivity index (χ3v) is 3.12. The van der Waals surface area contributed by atoms with E-state index in [1.807, 2.05) is 6.07 Å². The zero-order valence-electron chi connectivity index (χ0n) is 12.6. The Bertz CT molecular complexity index is 454. The van der Waals surface area contributed by atoms with Crippen LogP contribution in [0.25, 0.3) is 0 Å². The second kappa shape index (κ2) is 10.8. The molecule has 21 heavy (non-hydrogen) atoms. The first-order valence-electron chi connectivity index (χ1n) is 7.56. The predicted octanol–water partition coefficient (Wildman–Crippen LogP) is 4.15. The number of hydrogen-bond donors (Lipinski definition) is 0. The third kappa shape index (κ3) is 8.02. The summed E-state index contributed by atoms with van der Waals surface area (Å²) >= 11 is 0. The van der Waals surface area contributed by atoms with E-state index in [4.69, 9.17) is 0 Å². The molecule has 0 amide bonds. The minimum atomic E-state index is -0.556. The van der Waals surface area contributed by atoms with Gasteiger partial charge in [0.2, 0.25) is 0 Å². The summed E-state index contributed by atoms with van der Waals surface area (Å²) < 4.78 is 0. The first-order valence-corrected chi connectivity index (χ1v) is 7.56. The van der Waals surface area contributed by atoms with E-state index in [0.717, 1.165) is 19.1 Å². The molecule has 0 spiro atoms. The molecule has 0 saturated carbocycles. The molecular formula is C17H23NO3. The second-order valence-electron chi connectivity index (χ2n) is 4.96.